The molecule has 1 aromatic carbocycles. The minimum absolute atomic E-state index is 0.0762. The van der Waals surface area contributed by atoms with E-state index < -0.39 is 9.90 Å². The lowest BCUT2D eigenvalue weighted by molar-refractivity contribution is -0.142. The van der Waals surface area contributed by atoms with Crippen LogP contribution in [0.3, 0.4) is 0 Å². The number of para-hydroxylation sites is 1. The number of anilines is 1. The predicted molar refractivity (Wildman–Crippen MR) is 125 cm³/mol. The van der Waals surface area contributed by atoms with Crippen LogP contribution in [0.4, 0.5) is 14.6 Å². The van der Waals surface area contributed by atoms with Gasteiger partial charge in [-0.05, 0) is 31.7 Å². The number of benzene rings is 1. The standard InChI is InChI=1S/C22H20F2IN5O2/c23-22(24,25)14-3-1-2-13-10-15(28-16(13)14)17-18-19(26)27-8-9-30(18)20(29-17)11-4-6-12(7-5-11)21(31)32/h1-3,8-12,28H,4-7H2,(H2,26,27)(H,31,32). The first kappa shape index (κ1) is 21.1. The van der Waals surface area contributed by atoms with Crippen LogP contribution < -0.4 is 5.73 Å². The molecule has 0 bridgehead atoms. The van der Waals surface area contributed by atoms with Crippen molar-refractivity contribution in [1.29, 1.82) is 0 Å². The van der Waals surface area contributed by atoms with Crippen molar-refractivity contribution >= 4 is 50.8 Å². The van der Waals surface area contributed by atoms with Crippen LogP contribution in [0, 0.1) is 5.92 Å². The van der Waals surface area contributed by atoms with E-state index in [1.54, 1.807) is 30.6 Å². The van der Waals surface area contributed by atoms with Crippen LogP contribution >= 0.6 is 22.6 Å². The third-order valence-corrected chi connectivity index (χ3v) is 6.85. The highest BCUT2D eigenvalue weighted by Crippen LogP contribution is 2.42. The van der Waals surface area contributed by atoms with Crippen molar-refractivity contribution in [2.24, 2.45) is 5.92 Å². The lowest BCUT2D eigenvalue weighted by Gasteiger charge is -2.25. The van der Waals surface area contributed by atoms with E-state index in [-0.39, 0.29) is 17.4 Å². The first-order valence-electron chi connectivity index (χ1n) is 10.3. The number of nitrogens with two attached hydrogens (primary N) is 1. The summed E-state index contributed by atoms with van der Waals surface area (Å²) in [5, 5.41) is 9.95. The zero-order valence-electron chi connectivity index (χ0n) is 16.9. The molecule has 3 heterocycles. The fraction of sp³-hybridized carbons (Fsp3) is 0.318. The Morgan fingerprint density at radius 3 is 2.72 bits per heavy atom. The van der Waals surface area contributed by atoms with Gasteiger partial charge in [0.1, 0.15) is 22.9 Å². The number of imidazole rings is 1. The van der Waals surface area contributed by atoms with Gasteiger partial charge in [0.2, 0.25) is 0 Å². The Labute approximate surface area is 195 Å². The Hall–Kier alpha value is -2.76. The van der Waals surface area contributed by atoms with Gasteiger partial charge in [0.25, 0.3) is 0 Å². The third kappa shape index (κ3) is 3.50. The number of halogens is 3. The minimum Gasteiger partial charge on any atom is -0.481 e. The Bertz CT molecular complexity index is 1340. The Balaban J connectivity index is 1.64. The van der Waals surface area contributed by atoms with E-state index in [0.717, 1.165) is 28.4 Å². The van der Waals surface area contributed by atoms with E-state index in [1.165, 1.54) is 6.07 Å². The maximum atomic E-state index is 14.1. The second kappa shape index (κ2) is 7.68. The number of carbonyl (C=O) groups is 1. The SMILES string of the molecule is Nc1nccn2c(C3CCC(C(=O)O)CC3)nc(-c3cc4cccc(C(F)(F)I)c4[nH]3)c12. The molecular weight excluding hydrogens is 531 g/mol. The van der Waals surface area contributed by atoms with E-state index in [9.17, 15) is 18.7 Å². The molecule has 5 rings (SSSR count). The number of hydrogen-bond acceptors (Lipinski definition) is 4. The molecule has 0 radical (unpaired) electrons. The number of aromatic nitrogens is 4. The molecule has 0 amide bonds. The second-order valence-corrected chi connectivity index (χ2v) is 9.54. The summed E-state index contributed by atoms with van der Waals surface area (Å²) < 4.78 is 27.1. The summed E-state index contributed by atoms with van der Waals surface area (Å²) in [6.07, 6.45) is 5.97. The Morgan fingerprint density at radius 2 is 2.03 bits per heavy atom. The number of nitrogens with one attached hydrogen (secondary N) is 1. The van der Waals surface area contributed by atoms with Gasteiger partial charge in [-0.1, -0.05) is 18.2 Å². The average molecular weight is 551 g/mol. The molecule has 1 fully saturated rings. The Morgan fingerprint density at radius 1 is 1.28 bits per heavy atom. The van der Waals surface area contributed by atoms with Gasteiger partial charge in [-0.3, -0.25) is 9.20 Å². The molecule has 4 N–H and O–H groups in total. The molecule has 0 atom stereocenters. The molecule has 7 nitrogen and oxygen atoms in total. The number of H-pyrrole nitrogens is 1. The molecule has 0 saturated heterocycles. The minimum atomic E-state index is -3.02. The number of aromatic amines is 1. The number of aliphatic carboxylic acids is 1. The summed E-state index contributed by atoms with van der Waals surface area (Å²) in [6, 6.07) is 6.58. The molecule has 0 unspecified atom stereocenters. The normalized spacial score (nSPS) is 19.6. The Kier molecular flexibility index (Phi) is 5.06. The molecule has 4 aromatic rings. The summed E-state index contributed by atoms with van der Waals surface area (Å²) in [4.78, 5) is 23.5. The fourth-order valence-electron chi connectivity index (χ4n) is 4.68. The number of nitrogen functional groups attached to an aromatic ring is 1. The molecule has 1 aliphatic rings. The topological polar surface area (TPSA) is 109 Å². The first-order valence-corrected chi connectivity index (χ1v) is 11.4. The molecule has 1 aliphatic carbocycles. The van der Waals surface area contributed by atoms with Gasteiger partial charge >= 0.3 is 9.90 Å². The molecular formula is C22H20F2IN5O2. The summed E-state index contributed by atoms with van der Waals surface area (Å²) in [6.45, 7) is 0. The quantitative estimate of drug-likeness (QED) is 0.236. The van der Waals surface area contributed by atoms with Crippen molar-refractivity contribution in [2.75, 3.05) is 5.73 Å². The monoisotopic (exact) mass is 551 g/mol. The molecule has 32 heavy (non-hydrogen) atoms. The highest BCUT2D eigenvalue weighted by molar-refractivity contribution is 14.1. The predicted octanol–water partition coefficient (Wildman–Crippen LogP) is 5.30. The molecule has 1 saturated carbocycles. The molecule has 0 spiro atoms. The summed E-state index contributed by atoms with van der Waals surface area (Å²) in [5.74, 6) is 0.0640. The lowest BCUT2D eigenvalue weighted by atomic mass is 9.81. The van der Waals surface area contributed by atoms with E-state index in [0.29, 0.717) is 59.3 Å². The van der Waals surface area contributed by atoms with Gasteiger partial charge in [0, 0.05) is 46.3 Å². The van der Waals surface area contributed by atoms with E-state index in [1.807, 2.05) is 4.40 Å². The lowest BCUT2D eigenvalue weighted by Crippen LogP contribution is -2.21. The highest BCUT2D eigenvalue weighted by Gasteiger charge is 2.32. The maximum Gasteiger partial charge on any atom is 0.323 e. The van der Waals surface area contributed by atoms with Crippen molar-refractivity contribution < 1.29 is 18.7 Å². The number of carboxylic acid groups (broad SMARTS) is 1. The fourth-order valence-corrected chi connectivity index (χ4v) is 5.13. The van der Waals surface area contributed by atoms with E-state index in [2.05, 4.69) is 9.97 Å². The number of fused-ring (bicyclic) bond motifs is 2. The van der Waals surface area contributed by atoms with Crippen LogP contribution in [0.15, 0.2) is 36.7 Å². The zero-order valence-corrected chi connectivity index (χ0v) is 19.0. The van der Waals surface area contributed by atoms with Crippen molar-refractivity contribution in [3.63, 3.8) is 0 Å². The molecule has 166 valence electrons. The van der Waals surface area contributed by atoms with Crippen molar-refractivity contribution in [1.82, 2.24) is 19.4 Å². The first-order chi connectivity index (χ1) is 15.2. The number of hydrogen-bond donors (Lipinski definition) is 3. The smallest absolute Gasteiger partial charge is 0.323 e. The van der Waals surface area contributed by atoms with Crippen LogP contribution in [0.2, 0.25) is 0 Å². The van der Waals surface area contributed by atoms with Gasteiger partial charge in [-0.15, -0.1) is 0 Å². The van der Waals surface area contributed by atoms with Crippen molar-refractivity contribution in [2.45, 2.75) is 35.5 Å². The average Bonchev–Trinajstić information content (AvgIpc) is 3.35. The van der Waals surface area contributed by atoms with Crippen LogP contribution in [-0.2, 0) is 8.72 Å². The van der Waals surface area contributed by atoms with Gasteiger partial charge in [-0.2, -0.15) is 8.78 Å². The summed E-state index contributed by atoms with van der Waals surface area (Å²) in [7, 11) is 0. The molecule has 3 aromatic heterocycles. The highest BCUT2D eigenvalue weighted by atomic mass is 127. The number of nitrogens with zero attached hydrogens (tertiary/aromatic N) is 3. The van der Waals surface area contributed by atoms with Gasteiger partial charge in [0.05, 0.1) is 22.7 Å². The van der Waals surface area contributed by atoms with Gasteiger partial charge < -0.3 is 15.8 Å². The number of carboxylic acids is 1. The summed E-state index contributed by atoms with van der Waals surface area (Å²) >= 11 is 1.13. The zero-order chi connectivity index (χ0) is 22.6. The van der Waals surface area contributed by atoms with Crippen LogP contribution in [-0.4, -0.2) is 30.4 Å². The summed E-state index contributed by atoms with van der Waals surface area (Å²) in [5.41, 5.74) is 8.20. The van der Waals surface area contributed by atoms with Crippen molar-refractivity contribution in [3.8, 4) is 11.4 Å². The largest absolute Gasteiger partial charge is 0.481 e. The van der Waals surface area contributed by atoms with Crippen LogP contribution in [0.5, 0.6) is 0 Å². The number of rotatable bonds is 4. The second-order valence-electron chi connectivity index (χ2n) is 8.19. The maximum absolute atomic E-state index is 14.1. The van der Waals surface area contributed by atoms with Crippen LogP contribution in [0.25, 0.3) is 27.8 Å². The number of alkyl halides is 3. The van der Waals surface area contributed by atoms with Gasteiger partial charge in [-0.25, -0.2) is 9.97 Å². The van der Waals surface area contributed by atoms with Crippen molar-refractivity contribution in [3.05, 3.63) is 48.0 Å². The van der Waals surface area contributed by atoms with Crippen LogP contribution in [0.1, 0.15) is 43.0 Å². The van der Waals surface area contributed by atoms with E-state index >= 15 is 0 Å². The molecule has 10 heteroatoms. The van der Waals surface area contributed by atoms with Gasteiger partial charge in [0.15, 0.2) is 0 Å². The molecule has 0 aliphatic heterocycles. The third-order valence-electron chi connectivity index (χ3n) is 6.27. The van der Waals surface area contributed by atoms with E-state index in [4.69, 9.17) is 10.7 Å².